The normalized spacial score (nSPS) is 27.9. The predicted octanol–water partition coefficient (Wildman–Crippen LogP) is 1.27. The molecule has 1 aliphatic carbocycles. The second-order valence-corrected chi connectivity index (χ2v) is 7.47. The largest absolute Gasteiger partial charge is 0.381 e. The molecule has 0 radical (unpaired) electrons. The molecule has 2 aliphatic heterocycles. The number of hydrogen-bond acceptors (Lipinski definition) is 4. The zero-order valence-corrected chi connectivity index (χ0v) is 13.7. The molecule has 1 amide bonds. The van der Waals surface area contributed by atoms with Gasteiger partial charge in [0, 0.05) is 38.9 Å². The van der Waals surface area contributed by atoms with Gasteiger partial charge in [-0.15, -0.1) is 0 Å². The maximum absolute atomic E-state index is 12.4. The average molecular weight is 309 g/mol. The van der Waals surface area contributed by atoms with Gasteiger partial charge in [0.05, 0.1) is 5.54 Å². The molecule has 0 aromatic rings. The lowest BCUT2D eigenvalue weighted by atomic mass is 9.89. The summed E-state index contributed by atoms with van der Waals surface area (Å²) in [5, 5.41) is 3.20. The summed E-state index contributed by atoms with van der Waals surface area (Å²) in [6, 6.07) is 0.301. The van der Waals surface area contributed by atoms with Crippen LogP contribution in [-0.4, -0.2) is 55.2 Å². The fourth-order valence-corrected chi connectivity index (χ4v) is 4.11. The summed E-state index contributed by atoms with van der Waals surface area (Å²) >= 11 is 0. The van der Waals surface area contributed by atoms with E-state index < -0.39 is 5.54 Å². The number of nitrogens with zero attached hydrogens (tertiary/aromatic N) is 1. The lowest BCUT2D eigenvalue weighted by molar-refractivity contribution is -0.130. The molecule has 5 nitrogen and oxygen atoms in total. The molecular formula is C17H31N3O2. The number of carbonyl (C=O) groups is 1. The molecule has 0 aromatic carbocycles. The summed E-state index contributed by atoms with van der Waals surface area (Å²) in [5.41, 5.74) is 5.54. The van der Waals surface area contributed by atoms with Gasteiger partial charge < -0.3 is 20.7 Å². The quantitative estimate of drug-likeness (QED) is 0.820. The number of nitrogens with one attached hydrogen (secondary N) is 1. The van der Waals surface area contributed by atoms with E-state index in [9.17, 15) is 4.79 Å². The molecule has 2 saturated heterocycles. The number of hydrogen-bond donors (Lipinski definition) is 2. The van der Waals surface area contributed by atoms with Crippen LogP contribution in [0.2, 0.25) is 0 Å². The van der Waals surface area contributed by atoms with Crippen LogP contribution < -0.4 is 11.1 Å². The summed E-state index contributed by atoms with van der Waals surface area (Å²) in [4.78, 5) is 15.0. The molecule has 0 aromatic heterocycles. The van der Waals surface area contributed by atoms with E-state index in [-0.39, 0.29) is 5.91 Å². The van der Waals surface area contributed by atoms with Crippen LogP contribution in [0.5, 0.6) is 0 Å². The molecule has 3 N–H and O–H groups in total. The number of amides is 1. The standard InChI is InChI=1S/C17H31N3O2/c18-17(7-11-22-12-8-17)16(21)19-15-5-9-20(10-6-15)13-14-3-1-2-4-14/h14-15H,1-13,18H2,(H,19,21). The van der Waals surface area contributed by atoms with Crippen LogP contribution in [0.25, 0.3) is 0 Å². The Labute approximate surface area is 133 Å². The van der Waals surface area contributed by atoms with Crippen molar-refractivity contribution in [3.63, 3.8) is 0 Å². The molecule has 0 bridgehead atoms. The highest BCUT2D eigenvalue weighted by Gasteiger charge is 2.37. The van der Waals surface area contributed by atoms with Crippen molar-refractivity contribution in [3.8, 4) is 0 Å². The summed E-state index contributed by atoms with van der Waals surface area (Å²) in [6.45, 7) is 4.69. The van der Waals surface area contributed by atoms with Crippen LogP contribution in [0.3, 0.4) is 0 Å². The van der Waals surface area contributed by atoms with Crippen molar-refractivity contribution < 1.29 is 9.53 Å². The van der Waals surface area contributed by atoms with Gasteiger partial charge in [0.15, 0.2) is 0 Å². The minimum Gasteiger partial charge on any atom is -0.381 e. The molecule has 3 rings (SSSR count). The van der Waals surface area contributed by atoms with Gasteiger partial charge in [-0.05, 0) is 44.4 Å². The molecular weight excluding hydrogens is 278 g/mol. The summed E-state index contributed by atoms with van der Waals surface area (Å²) in [6.07, 6.45) is 9.05. The van der Waals surface area contributed by atoms with Gasteiger partial charge in [-0.1, -0.05) is 12.8 Å². The van der Waals surface area contributed by atoms with Crippen LogP contribution in [-0.2, 0) is 9.53 Å². The molecule has 3 aliphatic rings. The first kappa shape index (κ1) is 16.2. The lowest BCUT2D eigenvalue weighted by Crippen LogP contribution is -2.59. The monoisotopic (exact) mass is 309 g/mol. The molecule has 126 valence electrons. The van der Waals surface area contributed by atoms with Gasteiger partial charge >= 0.3 is 0 Å². The predicted molar refractivity (Wildman–Crippen MR) is 86.5 cm³/mol. The maximum Gasteiger partial charge on any atom is 0.240 e. The van der Waals surface area contributed by atoms with Crippen molar-refractivity contribution in [1.82, 2.24) is 10.2 Å². The van der Waals surface area contributed by atoms with Crippen molar-refractivity contribution in [2.75, 3.05) is 32.8 Å². The number of nitrogens with two attached hydrogens (primary N) is 1. The molecule has 0 atom stereocenters. The molecule has 5 heteroatoms. The van der Waals surface area contributed by atoms with Gasteiger partial charge in [-0.3, -0.25) is 4.79 Å². The van der Waals surface area contributed by atoms with Gasteiger partial charge in [-0.2, -0.15) is 0 Å². The summed E-state index contributed by atoms with van der Waals surface area (Å²) < 4.78 is 5.32. The second kappa shape index (κ2) is 7.28. The third kappa shape index (κ3) is 4.00. The molecule has 22 heavy (non-hydrogen) atoms. The maximum atomic E-state index is 12.4. The molecule has 3 fully saturated rings. The van der Waals surface area contributed by atoms with Crippen molar-refractivity contribution in [1.29, 1.82) is 0 Å². The Morgan fingerprint density at radius 3 is 2.41 bits per heavy atom. The Hall–Kier alpha value is -0.650. The van der Waals surface area contributed by atoms with Gasteiger partial charge in [0.1, 0.15) is 0 Å². The number of ether oxygens (including phenoxy) is 1. The topological polar surface area (TPSA) is 67.6 Å². The molecule has 0 unspecified atom stereocenters. The minimum atomic E-state index is -0.709. The first-order valence-electron chi connectivity index (χ1n) is 9.06. The van der Waals surface area contributed by atoms with Crippen LogP contribution in [0.1, 0.15) is 51.4 Å². The summed E-state index contributed by atoms with van der Waals surface area (Å²) in [5.74, 6) is 0.950. The van der Waals surface area contributed by atoms with Gasteiger partial charge in [0.25, 0.3) is 0 Å². The fraction of sp³-hybridized carbons (Fsp3) is 0.941. The fourth-order valence-electron chi connectivity index (χ4n) is 4.11. The number of piperidine rings is 1. The number of likely N-dealkylation sites (tertiary alicyclic amines) is 1. The SMILES string of the molecule is NC1(C(=O)NC2CCN(CC3CCCC3)CC2)CCOCC1. The van der Waals surface area contributed by atoms with E-state index in [0.29, 0.717) is 32.1 Å². The highest BCUT2D eigenvalue weighted by molar-refractivity contribution is 5.86. The van der Waals surface area contributed by atoms with E-state index in [1.165, 1.54) is 32.2 Å². The number of carbonyl (C=O) groups excluding carboxylic acids is 1. The van der Waals surface area contributed by atoms with Crippen LogP contribution >= 0.6 is 0 Å². The van der Waals surface area contributed by atoms with E-state index in [1.807, 2.05) is 0 Å². The second-order valence-electron chi connectivity index (χ2n) is 7.47. The third-order valence-corrected chi connectivity index (χ3v) is 5.75. The van der Waals surface area contributed by atoms with E-state index in [2.05, 4.69) is 10.2 Å². The Morgan fingerprint density at radius 2 is 1.77 bits per heavy atom. The Bertz CT molecular complexity index is 368. The first-order valence-corrected chi connectivity index (χ1v) is 9.06. The van der Waals surface area contributed by atoms with E-state index >= 15 is 0 Å². The van der Waals surface area contributed by atoms with Crippen molar-refractivity contribution >= 4 is 5.91 Å². The molecule has 2 heterocycles. The highest BCUT2D eigenvalue weighted by Crippen LogP contribution is 2.26. The van der Waals surface area contributed by atoms with Crippen molar-refractivity contribution in [2.24, 2.45) is 11.7 Å². The van der Waals surface area contributed by atoms with Crippen LogP contribution in [0, 0.1) is 5.92 Å². The van der Waals surface area contributed by atoms with E-state index in [1.54, 1.807) is 0 Å². The smallest absolute Gasteiger partial charge is 0.240 e. The third-order valence-electron chi connectivity index (χ3n) is 5.75. The van der Waals surface area contributed by atoms with Crippen LogP contribution in [0.15, 0.2) is 0 Å². The van der Waals surface area contributed by atoms with Gasteiger partial charge in [-0.25, -0.2) is 0 Å². The van der Waals surface area contributed by atoms with Crippen molar-refractivity contribution in [3.05, 3.63) is 0 Å². The van der Waals surface area contributed by atoms with Gasteiger partial charge in [0.2, 0.25) is 5.91 Å². The first-order chi connectivity index (χ1) is 10.7. The zero-order chi connectivity index (χ0) is 15.4. The van der Waals surface area contributed by atoms with Crippen molar-refractivity contribution in [2.45, 2.75) is 62.9 Å². The van der Waals surface area contributed by atoms with E-state index in [4.69, 9.17) is 10.5 Å². The Kier molecular flexibility index (Phi) is 5.37. The van der Waals surface area contributed by atoms with E-state index in [0.717, 1.165) is 31.8 Å². The minimum absolute atomic E-state index is 0.0324. The average Bonchev–Trinajstić information content (AvgIpc) is 3.03. The van der Waals surface area contributed by atoms with Crippen LogP contribution in [0.4, 0.5) is 0 Å². The Morgan fingerprint density at radius 1 is 1.14 bits per heavy atom. The zero-order valence-electron chi connectivity index (χ0n) is 13.7. The summed E-state index contributed by atoms with van der Waals surface area (Å²) in [7, 11) is 0. The molecule has 1 saturated carbocycles. The molecule has 0 spiro atoms. The number of rotatable bonds is 4. The Balaban J connectivity index is 1.40. The highest BCUT2D eigenvalue weighted by atomic mass is 16.5. The lowest BCUT2D eigenvalue weighted by Gasteiger charge is -2.37.